The van der Waals surface area contributed by atoms with Gasteiger partial charge in [0.2, 0.25) is 10.0 Å². The Kier molecular flexibility index (Phi) is 6.34. The van der Waals surface area contributed by atoms with E-state index in [0.717, 1.165) is 34.4 Å². The summed E-state index contributed by atoms with van der Waals surface area (Å²) in [5.41, 5.74) is 3.85. The van der Waals surface area contributed by atoms with Crippen LogP contribution in [0.5, 0.6) is 5.75 Å². The normalized spacial score (nSPS) is 20.7. The zero-order valence-electron chi connectivity index (χ0n) is 19.8. The Labute approximate surface area is 207 Å². The molecule has 3 aromatic carbocycles. The number of nitrogens with zero attached hydrogens (tertiary/aromatic N) is 1. The predicted molar refractivity (Wildman–Crippen MR) is 137 cm³/mol. The second kappa shape index (κ2) is 9.44. The van der Waals surface area contributed by atoms with Crippen molar-refractivity contribution in [3.05, 3.63) is 96.1 Å². The maximum absolute atomic E-state index is 13.7. The molecule has 1 saturated carbocycles. The average molecular weight is 488 g/mol. The zero-order chi connectivity index (χ0) is 24.5. The van der Waals surface area contributed by atoms with Crippen LogP contribution in [0.1, 0.15) is 24.8 Å². The molecule has 0 spiro atoms. The van der Waals surface area contributed by atoms with Gasteiger partial charge in [0.15, 0.2) is 0 Å². The van der Waals surface area contributed by atoms with Crippen molar-refractivity contribution in [2.75, 3.05) is 20.2 Å². The Morgan fingerprint density at radius 1 is 0.914 bits per heavy atom. The van der Waals surface area contributed by atoms with E-state index in [1.807, 2.05) is 60.7 Å². The molecule has 0 N–H and O–H groups in total. The lowest BCUT2D eigenvalue weighted by molar-refractivity contribution is -0.120. The first-order chi connectivity index (χ1) is 16.9. The Morgan fingerprint density at radius 3 is 2.23 bits per heavy atom. The fourth-order valence-electron chi connectivity index (χ4n) is 5.29. The number of sulfonamides is 1. The molecular weight excluding hydrogens is 458 g/mol. The topological polar surface area (TPSA) is 63.7 Å². The number of ketones is 1. The first-order valence-corrected chi connectivity index (χ1v) is 13.3. The van der Waals surface area contributed by atoms with Gasteiger partial charge in [-0.2, -0.15) is 4.31 Å². The molecule has 1 atom stereocenters. The summed E-state index contributed by atoms with van der Waals surface area (Å²) in [6.07, 6.45) is 4.31. The van der Waals surface area contributed by atoms with Crippen molar-refractivity contribution in [2.24, 2.45) is 5.41 Å². The standard InChI is InChI=1S/C29H29NO4S/c1-34-27-11-7-23(8-12-27)24-9-13-28(14-10-24)35(32,33)30-18-16-25-19-26(31)15-17-29(25,21-30)20-22-5-3-2-4-6-22/h2-14,16H,15,17-21H2,1H3. The SMILES string of the molecule is COc1ccc(-c2ccc(S(=O)(=O)N3CC=C4CC(=O)CCC4(Cc4ccccc4)C3)cc2)cc1. The van der Waals surface area contributed by atoms with E-state index in [4.69, 9.17) is 4.74 Å². The molecule has 0 aromatic heterocycles. The third-order valence-electron chi connectivity index (χ3n) is 7.27. The molecule has 3 aromatic rings. The lowest BCUT2D eigenvalue weighted by Gasteiger charge is -2.45. The molecule has 35 heavy (non-hydrogen) atoms. The monoisotopic (exact) mass is 487 g/mol. The minimum absolute atomic E-state index is 0.241. The number of rotatable bonds is 6. The summed E-state index contributed by atoms with van der Waals surface area (Å²) in [6.45, 7) is 0.686. The van der Waals surface area contributed by atoms with Gasteiger partial charge in [0.25, 0.3) is 0 Å². The summed E-state index contributed by atoms with van der Waals surface area (Å²) in [5.74, 6) is 1.02. The van der Waals surface area contributed by atoms with E-state index in [9.17, 15) is 13.2 Å². The predicted octanol–water partition coefficient (Wildman–Crippen LogP) is 5.28. The van der Waals surface area contributed by atoms with Crippen LogP contribution >= 0.6 is 0 Å². The molecule has 2 aliphatic rings. The lowest BCUT2D eigenvalue weighted by atomic mass is 9.65. The molecule has 1 fully saturated rings. The van der Waals surface area contributed by atoms with Crippen molar-refractivity contribution in [3.63, 3.8) is 0 Å². The van der Waals surface area contributed by atoms with Crippen LogP contribution in [-0.2, 0) is 21.2 Å². The van der Waals surface area contributed by atoms with Gasteiger partial charge in [-0.3, -0.25) is 4.79 Å². The van der Waals surface area contributed by atoms with Gasteiger partial charge in [0.05, 0.1) is 12.0 Å². The number of ether oxygens (including phenoxy) is 1. The second-order valence-electron chi connectivity index (χ2n) is 9.44. The van der Waals surface area contributed by atoms with E-state index in [0.29, 0.717) is 32.4 Å². The van der Waals surface area contributed by atoms with Crippen LogP contribution in [0.3, 0.4) is 0 Å². The van der Waals surface area contributed by atoms with Crippen molar-refractivity contribution in [2.45, 2.75) is 30.6 Å². The average Bonchev–Trinajstić information content (AvgIpc) is 2.89. The molecule has 1 unspecified atom stereocenters. The highest BCUT2D eigenvalue weighted by molar-refractivity contribution is 7.89. The second-order valence-corrected chi connectivity index (χ2v) is 11.4. The minimum Gasteiger partial charge on any atom is -0.497 e. The van der Waals surface area contributed by atoms with Gasteiger partial charge in [-0.1, -0.05) is 66.2 Å². The molecule has 5 nitrogen and oxygen atoms in total. The van der Waals surface area contributed by atoms with Crippen LogP contribution in [0.2, 0.25) is 0 Å². The Bertz CT molecular complexity index is 1350. The van der Waals surface area contributed by atoms with E-state index in [1.165, 1.54) is 0 Å². The van der Waals surface area contributed by atoms with Gasteiger partial charge in [-0.25, -0.2) is 8.42 Å². The molecule has 6 heteroatoms. The summed E-state index contributed by atoms with van der Waals surface area (Å²) >= 11 is 0. The van der Waals surface area contributed by atoms with Crippen molar-refractivity contribution < 1.29 is 17.9 Å². The number of hydrogen-bond donors (Lipinski definition) is 0. The third-order valence-corrected chi connectivity index (χ3v) is 9.10. The molecule has 1 aliphatic carbocycles. The number of hydrogen-bond acceptors (Lipinski definition) is 4. The third kappa shape index (κ3) is 4.68. The number of benzene rings is 3. The fraction of sp³-hybridized carbons (Fsp3) is 0.276. The largest absolute Gasteiger partial charge is 0.497 e. The van der Waals surface area contributed by atoms with Crippen LogP contribution in [0.25, 0.3) is 11.1 Å². The van der Waals surface area contributed by atoms with Gasteiger partial charge >= 0.3 is 0 Å². The first kappa shape index (κ1) is 23.5. The van der Waals surface area contributed by atoms with Crippen molar-refractivity contribution in [3.8, 4) is 16.9 Å². The molecule has 180 valence electrons. The molecule has 0 amide bonds. The number of Topliss-reactive ketones (excluding diaryl/α,β-unsaturated/α-hetero) is 1. The molecule has 0 bridgehead atoms. The van der Waals surface area contributed by atoms with E-state index >= 15 is 0 Å². The van der Waals surface area contributed by atoms with Crippen molar-refractivity contribution in [1.82, 2.24) is 4.31 Å². The molecule has 5 rings (SSSR count). The van der Waals surface area contributed by atoms with Gasteiger partial charge < -0.3 is 4.74 Å². The molecule has 0 saturated heterocycles. The van der Waals surface area contributed by atoms with Crippen LogP contribution in [0, 0.1) is 5.41 Å². The number of fused-ring (bicyclic) bond motifs is 1. The number of carbonyl (C=O) groups excluding carboxylic acids is 1. The molecule has 1 aliphatic heterocycles. The number of carbonyl (C=O) groups is 1. The van der Waals surface area contributed by atoms with Crippen LogP contribution in [0.4, 0.5) is 0 Å². The number of methoxy groups -OCH3 is 1. The molecule has 1 heterocycles. The summed E-state index contributed by atoms with van der Waals surface area (Å²) < 4.78 is 34.1. The van der Waals surface area contributed by atoms with Gasteiger partial charge in [-0.15, -0.1) is 0 Å². The maximum atomic E-state index is 13.7. The summed E-state index contributed by atoms with van der Waals surface area (Å²) in [7, 11) is -2.05. The van der Waals surface area contributed by atoms with Crippen molar-refractivity contribution in [1.29, 1.82) is 0 Å². The Morgan fingerprint density at radius 2 is 1.57 bits per heavy atom. The molecular formula is C29H29NO4S. The van der Waals surface area contributed by atoms with Crippen molar-refractivity contribution >= 4 is 15.8 Å². The fourth-order valence-corrected chi connectivity index (χ4v) is 6.76. The Hall–Kier alpha value is -3.22. The molecule has 0 radical (unpaired) electrons. The van der Waals surface area contributed by atoms with Gasteiger partial charge in [-0.05, 0) is 53.8 Å². The smallest absolute Gasteiger partial charge is 0.243 e. The highest BCUT2D eigenvalue weighted by Gasteiger charge is 2.45. The quantitative estimate of drug-likeness (QED) is 0.444. The maximum Gasteiger partial charge on any atom is 0.243 e. The lowest BCUT2D eigenvalue weighted by Crippen LogP contribution is -2.49. The van der Waals surface area contributed by atoms with E-state index < -0.39 is 10.0 Å². The van der Waals surface area contributed by atoms with Gasteiger partial charge in [0.1, 0.15) is 11.5 Å². The minimum atomic E-state index is -3.68. The summed E-state index contributed by atoms with van der Waals surface area (Å²) in [4.78, 5) is 12.5. The Balaban J connectivity index is 1.42. The van der Waals surface area contributed by atoms with Crippen LogP contribution < -0.4 is 4.74 Å². The van der Waals surface area contributed by atoms with E-state index in [1.54, 1.807) is 23.5 Å². The van der Waals surface area contributed by atoms with E-state index in [2.05, 4.69) is 12.1 Å². The summed E-state index contributed by atoms with van der Waals surface area (Å²) in [5, 5.41) is 0. The van der Waals surface area contributed by atoms with E-state index in [-0.39, 0.29) is 16.1 Å². The summed E-state index contributed by atoms with van der Waals surface area (Å²) in [6, 6.07) is 24.9. The first-order valence-electron chi connectivity index (χ1n) is 11.9. The highest BCUT2D eigenvalue weighted by atomic mass is 32.2. The van der Waals surface area contributed by atoms with Gasteiger partial charge in [0, 0.05) is 31.3 Å². The zero-order valence-corrected chi connectivity index (χ0v) is 20.6. The van der Waals surface area contributed by atoms with Crippen LogP contribution in [-0.4, -0.2) is 38.7 Å². The highest BCUT2D eigenvalue weighted by Crippen LogP contribution is 2.46. The van der Waals surface area contributed by atoms with Crippen LogP contribution in [0.15, 0.2) is 95.4 Å².